The zero-order valence-corrected chi connectivity index (χ0v) is 9.84. The molecule has 1 rings (SSSR count). The molecule has 0 unspecified atom stereocenters. The van der Waals surface area contributed by atoms with Gasteiger partial charge in [-0.1, -0.05) is 0 Å². The fraction of sp³-hybridized carbons (Fsp3) is 0.545. The Morgan fingerprint density at radius 2 is 2.00 bits per heavy atom. The third kappa shape index (κ3) is 3.58. The first-order valence-electron chi connectivity index (χ1n) is 5.20. The first-order chi connectivity index (χ1) is 7.44. The van der Waals surface area contributed by atoms with Gasteiger partial charge in [0.1, 0.15) is 6.33 Å². The number of carbonyl (C=O) groups excluding carboxylic acids is 1. The van der Waals surface area contributed by atoms with Gasteiger partial charge in [0.05, 0.1) is 11.2 Å². The highest BCUT2D eigenvalue weighted by atomic mass is 16.3. The lowest BCUT2D eigenvalue weighted by Gasteiger charge is -2.27. The van der Waals surface area contributed by atoms with Crippen LogP contribution in [0.3, 0.4) is 0 Å². The molecule has 0 spiro atoms. The standard InChI is InChI=1S/C11H17N3O2/c1-4-14(7-11(2,3)16)10(15)9-5-12-8-13-6-9/h5-6,8,16H,4,7H2,1-3H3. The highest BCUT2D eigenvalue weighted by Crippen LogP contribution is 2.08. The fourth-order valence-electron chi connectivity index (χ4n) is 1.39. The second kappa shape index (κ2) is 5.03. The van der Waals surface area contributed by atoms with Crippen molar-refractivity contribution in [2.75, 3.05) is 13.1 Å². The first-order valence-corrected chi connectivity index (χ1v) is 5.20. The van der Waals surface area contributed by atoms with Gasteiger partial charge in [0, 0.05) is 25.5 Å². The summed E-state index contributed by atoms with van der Waals surface area (Å²) in [5.41, 5.74) is -0.463. The van der Waals surface area contributed by atoms with Crippen LogP contribution in [0.15, 0.2) is 18.7 Å². The molecule has 0 atom stereocenters. The van der Waals surface area contributed by atoms with Crippen molar-refractivity contribution in [3.63, 3.8) is 0 Å². The zero-order chi connectivity index (χ0) is 12.2. The second-order valence-electron chi connectivity index (χ2n) is 4.26. The molecular weight excluding hydrogens is 206 g/mol. The van der Waals surface area contributed by atoms with Gasteiger partial charge in [-0.15, -0.1) is 0 Å². The molecule has 88 valence electrons. The Kier molecular flexibility index (Phi) is 3.95. The van der Waals surface area contributed by atoms with Crippen molar-refractivity contribution in [2.24, 2.45) is 0 Å². The van der Waals surface area contributed by atoms with Crippen LogP contribution in [0.5, 0.6) is 0 Å². The van der Waals surface area contributed by atoms with Gasteiger partial charge in [0.15, 0.2) is 0 Å². The highest BCUT2D eigenvalue weighted by molar-refractivity contribution is 5.93. The number of nitrogens with zero attached hydrogens (tertiary/aromatic N) is 3. The van der Waals surface area contributed by atoms with Crippen LogP contribution in [0.2, 0.25) is 0 Å². The van der Waals surface area contributed by atoms with Crippen LogP contribution >= 0.6 is 0 Å². The number of hydrogen-bond donors (Lipinski definition) is 1. The molecule has 0 fully saturated rings. The van der Waals surface area contributed by atoms with E-state index in [1.165, 1.54) is 18.7 Å². The maximum Gasteiger partial charge on any atom is 0.257 e. The average Bonchev–Trinajstić information content (AvgIpc) is 2.25. The average molecular weight is 223 g/mol. The maximum absolute atomic E-state index is 12.0. The van der Waals surface area contributed by atoms with Crippen molar-refractivity contribution in [3.8, 4) is 0 Å². The summed E-state index contributed by atoms with van der Waals surface area (Å²) in [7, 11) is 0. The molecule has 0 aliphatic rings. The van der Waals surface area contributed by atoms with Crippen LogP contribution in [-0.2, 0) is 0 Å². The van der Waals surface area contributed by atoms with Crippen molar-refractivity contribution in [1.82, 2.24) is 14.9 Å². The lowest BCUT2D eigenvalue weighted by atomic mass is 10.1. The SMILES string of the molecule is CCN(CC(C)(C)O)C(=O)c1cncnc1. The molecule has 0 saturated heterocycles. The number of hydrogen-bond acceptors (Lipinski definition) is 4. The number of rotatable bonds is 4. The normalized spacial score (nSPS) is 11.2. The van der Waals surface area contributed by atoms with E-state index >= 15 is 0 Å². The van der Waals surface area contributed by atoms with Gasteiger partial charge in [-0.05, 0) is 20.8 Å². The Morgan fingerprint density at radius 1 is 1.44 bits per heavy atom. The Morgan fingerprint density at radius 3 is 2.44 bits per heavy atom. The maximum atomic E-state index is 12.0. The predicted molar refractivity (Wildman–Crippen MR) is 59.9 cm³/mol. The van der Waals surface area contributed by atoms with E-state index in [1.807, 2.05) is 6.92 Å². The van der Waals surface area contributed by atoms with Crippen LogP contribution in [-0.4, -0.2) is 44.6 Å². The number of carbonyl (C=O) groups is 1. The summed E-state index contributed by atoms with van der Waals surface area (Å²) in [6.07, 6.45) is 4.33. The molecule has 1 heterocycles. The van der Waals surface area contributed by atoms with Crippen molar-refractivity contribution in [1.29, 1.82) is 0 Å². The van der Waals surface area contributed by atoms with E-state index < -0.39 is 5.60 Å². The summed E-state index contributed by atoms with van der Waals surface area (Å²) in [5.74, 6) is -0.162. The lowest BCUT2D eigenvalue weighted by Crippen LogP contribution is -2.42. The molecule has 0 bridgehead atoms. The monoisotopic (exact) mass is 223 g/mol. The molecule has 0 radical (unpaired) electrons. The van der Waals surface area contributed by atoms with Crippen LogP contribution in [0, 0.1) is 0 Å². The Balaban J connectivity index is 2.78. The van der Waals surface area contributed by atoms with Crippen LogP contribution in [0.4, 0.5) is 0 Å². The molecule has 0 aliphatic heterocycles. The van der Waals surface area contributed by atoms with E-state index in [4.69, 9.17) is 0 Å². The summed E-state index contributed by atoms with van der Waals surface area (Å²) in [6.45, 7) is 6.04. The van der Waals surface area contributed by atoms with Crippen molar-refractivity contribution in [3.05, 3.63) is 24.3 Å². The molecule has 0 aromatic carbocycles. The van der Waals surface area contributed by atoms with Crippen molar-refractivity contribution < 1.29 is 9.90 Å². The third-order valence-corrected chi connectivity index (χ3v) is 2.05. The van der Waals surface area contributed by atoms with Gasteiger partial charge in [0.2, 0.25) is 0 Å². The summed E-state index contributed by atoms with van der Waals surface area (Å²) in [6, 6.07) is 0. The molecule has 1 aromatic rings. The minimum absolute atomic E-state index is 0.162. The molecule has 5 heteroatoms. The Hall–Kier alpha value is -1.49. The summed E-state index contributed by atoms with van der Waals surface area (Å²) >= 11 is 0. The quantitative estimate of drug-likeness (QED) is 0.816. The molecule has 5 nitrogen and oxygen atoms in total. The number of amides is 1. The number of aromatic nitrogens is 2. The van der Waals surface area contributed by atoms with Gasteiger partial charge in [-0.2, -0.15) is 0 Å². The third-order valence-electron chi connectivity index (χ3n) is 2.05. The molecule has 0 aliphatic carbocycles. The van der Waals surface area contributed by atoms with E-state index in [-0.39, 0.29) is 12.5 Å². The largest absolute Gasteiger partial charge is 0.389 e. The van der Waals surface area contributed by atoms with E-state index in [0.29, 0.717) is 12.1 Å². The number of likely N-dealkylation sites (N-methyl/N-ethyl adjacent to an activating group) is 1. The summed E-state index contributed by atoms with van der Waals surface area (Å²) in [4.78, 5) is 21.2. The number of aliphatic hydroxyl groups is 1. The zero-order valence-electron chi connectivity index (χ0n) is 9.84. The van der Waals surface area contributed by atoms with Gasteiger partial charge in [-0.25, -0.2) is 9.97 Å². The van der Waals surface area contributed by atoms with Gasteiger partial charge in [-0.3, -0.25) is 4.79 Å². The van der Waals surface area contributed by atoms with E-state index in [9.17, 15) is 9.90 Å². The van der Waals surface area contributed by atoms with Crippen LogP contribution < -0.4 is 0 Å². The fourth-order valence-corrected chi connectivity index (χ4v) is 1.39. The van der Waals surface area contributed by atoms with E-state index in [0.717, 1.165) is 0 Å². The minimum atomic E-state index is -0.901. The predicted octanol–water partition coefficient (Wildman–Crippen LogP) is 0.710. The molecule has 1 aromatic heterocycles. The van der Waals surface area contributed by atoms with Gasteiger partial charge in [0.25, 0.3) is 5.91 Å². The van der Waals surface area contributed by atoms with Crippen LogP contribution in [0.25, 0.3) is 0 Å². The van der Waals surface area contributed by atoms with Crippen molar-refractivity contribution >= 4 is 5.91 Å². The van der Waals surface area contributed by atoms with Crippen molar-refractivity contribution in [2.45, 2.75) is 26.4 Å². The molecule has 0 saturated carbocycles. The second-order valence-corrected chi connectivity index (χ2v) is 4.26. The van der Waals surface area contributed by atoms with Crippen LogP contribution in [0.1, 0.15) is 31.1 Å². The van der Waals surface area contributed by atoms with E-state index in [2.05, 4.69) is 9.97 Å². The Bertz CT molecular complexity index is 346. The molecule has 1 amide bonds. The summed E-state index contributed by atoms with van der Waals surface area (Å²) < 4.78 is 0. The van der Waals surface area contributed by atoms with Gasteiger partial charge >= 0.3 is 0 Å². The first kappa shape index (κ1) is 12.6. The topological polar surface area (TPSA) is 66.3 Å². The molecule has 1 N–H and O–H groups in total. The molecular formula is C11H17N3O2. The Labute approximate surface area is 95.1 Å². The minimum Gasteiger partial charge on any atom is -0.389 e. The molecule has 16 heavy (non-hydrogen) atoms. The smallest absolute Gasteiger partial charge is 0.257 e. The highest BCUT2D eigenvalue weighted by Gasteiger charge is 2.22. The lowest BCUT2D eigenvalue weighted by molar-refractivity contribution is 0.0314. The van der Waals surface area contributed by atoms with E-state index in [1.54, 1.807) is 18.7 Å². The summed E-state index contributed by atoms with van der Waals surface area (Å²) in [5, 5.41) is 9.69. The van der Waals surface area contributed by atoms with Gasteiger partial charge < -0.3 is 10.0 Å².